The van der Waals surface area contributed by atoms with Gasteiger partial charge in [0.05, 0.1) is 0 Å². The second-order valence-corrected chi connectivity index (χ2v) is 4.29. The van der Waals surface area contributed by atoms with E-state index < -0.39 is 0 Å². The van der Waals surface area contributed by atoms with E-state index in [2.05, 4.69) is 4.98 Å². The lowest BCUT2D eigenvalue weighted by Crippen LogP contribution is -2.12. The van der Waals surface area contributed by atoms with Crippen LogP contribution in [0.5, 0.6) is 0 Å². The van der Waals surface area contributed by atoms with Gasteiger partial charge in [-0.25, -0.2) is 0 Å². The number of ether oxygens (including phenoxy) is 1. The lowest BCUT2D eigenvalue weighted by Gasteiger charge is -2.04. The van der Waals surface area contributed by atoms with E-state index in [1.165, 1.54) is 0 Å². The van der Waals surface area contributed by atoms with Crippen LogP contribution in [0.1, 0.15) is 18.5 Å². The van der Waals surface area contributed by atoms with Crippen LogP contribution in [0.4, 0.5) is 0 Å². The molecule has 0 spiro atoms. The molecule has 1 N–H and O–H groups in total. The normalized spacial score (nSPS) is 11.2. The molecule has 0 atom stereocenters. The van der Waals surface area contributed by atoms with Crippen molar-refractivity contribution in [3.05, 3.63) is 34.4 Å². The third kappa shape index (κ3) is 2.58. The van der Waals surface area contributed by atoms with Crippen molar-refractivity contribution >= 4 is 10.9 Å². The smallest absolute Gasteiger partial charge is 0.272 e. The van der Waals surface area contributed by atoms with E-state index in [4.69, 9.17) is 4.74 Å². The maximum absolute atomic E-state index is 11.9. The molecule has 2 heterocycles. The molecule has 0 aliphatic carbocycles. The van der Waals surface area contributed by atoms with Crippen molar-refractivity contribution in [3.63, 3.8) is 0 Å². The van der Waals surface area contributed by atoms with E-state index in [-0.39, 0.29) is 5.56 Å². The number of rotatable bonds is 5. The van der Waals surface area contributed by atoms with Crippen LogP contribution in [0, 0.1) is 6.92 Å². The number of aromatic nitrogens is 2. The van der Waals surface area contributed by atoms with Gasteiger partial charge in [-0.05, 0) is 31.9 Å². The Morgan fingerprint density at radius 1 is 1.41 bits per heavy atom. The minimum atomic E-state index is -0.00302. The summed E-state index contributed by atoms with van der Waals surface area (Å²) < 4.78 is 7.03. The third-order valence-corrected chi connectivity index (χ3v) is 2.89. The van der Waals surface area contributed by atoms with E-state index in [0.717, 1.165) is 42.6 Å². The molecule has 0 amide bonds. The van der Waals surface area contributed by atoms with Crippen LogP contribution in [0.3, 0.4) is 0 Å². The van der Waals surface area contributed by atoms with E-state index in [1.807, 2.05) is 29.8 Å². The summed E-state index contributed by atoms with van der Waals surface area (Å²) in [6, 6.07) is 4.00. The monoisotopic (exact) mass is 234 g/mol. The van der Waals surface area contributed by atoms with Gasteiger partial charge in [0.15, 0.2) is 0 Å². The predicted octanol–water partition coefficient (Wildman–Crippen LogP) is 2.06. The van der Waals surface area contributed by atoms with Gasteiger partial charge in [-0.3, -0.25) is 4.79 Å². The summed E-state index contributed by atoms with van der Waals surface area (Å²) in [5, 5.41) is 1.01. The topological polar surface area (TPSA) is 47.0 Å². The van der Waals surface area contributed by atoms with Gasteiger partial charge in [0.1, 0.15) is 5.52 Å². The van der Waals surface area contributed by atoms with Crippen LogP contribution in [-0.4, -0.2) is 23.3 Å². The van der Waals surface area contributed by atoms with Crippen LogP contribution in [0.15, 0.2) is 23.1 Å². The summed E-state index contributed by atoms with van der Waals surface area (Å²) in [5.41, 5.74) is 1.67. The van der Waals surface area contributed by atoms with E-state index >= 15 is 0 Å². The number of pyridine rings is 1. The Labute approximate surface area is 100 Å². The Bertz CT molecular complexity index is 554. The van der Waals surface area contributed by atoms with E-state index in [0.29, 0.717) is 0 Å². The zero-order valence-corrected chi connectivity index (χ0v) is 10.3. The summed E-state index contributed by atoms with van der Waals surface area (Å²) in [6.45, 7) is 3.53. The molecule has 2 aromatic heterocycles. The first-order chi connectivity index (χ1) is 8.22. The number of aromatic amines is 1. The molecule has 17 heavy (non-hydrogen) atoms. The minimum Gasteiger partial charge on any atom is -0.385 e. The van der Waals surface area contributed by atoms with E-state index in [9.17, 15) is 4.79 Å². The first-order valence-corrected chi connectivity index (χ1v) is 5.90. The summed E-state index contributed by atoms with van der Waals surface area (Å²) in [4.78, 5) is 14.7. The Morgan fingerprint density at radius 3 is 3.00 bits per heavy atom. The lowest BCUT2D eigenvalue weighted by molar-refractivity contribution is 0.191. The molecule has 0 aliphatic rings. The Hall–Kier alpha value is -1.55. The number of hydrogen-bond donors (Lipinski definition) is 1. The molecule has 0 saturated heterocycles. The molecule has 92 valence electrons. The second-order valence-electron chi connectivity index (χ2n) is 4.29. The summed E-state index contributed by atoms with van der Waals surface area (Å²) >= 11 is 0. The van der Waals surface area contributed by atoms with Gasteiger partial charge in [-0.2, -0.15) is 0 Å². The zero-order valence-electron chi connectivity index (χ0n) is 10.3. The number of methoxy groups -OCH3 is 1. The van der Waals surface area contributed by atoms with Crippen LogP contribution in [0.2, 0.25) is 0 Å². The van der Waals surface area contributed by atoms with Gasteiger partial charge in [0.2, 0.25) is 0 Å². The number of hydrogen-bond acceptors (Lipinski definition) is 2. The highest BCUT2D eigenvalue weighted by Gasteiger charge is 2.05. The average Bonchev–Trinajstić information content (AvgIpc) is 2.68. The first-order valence-electron chi connectivity index (χ1n) is 5.90. The molecule has 0 aliphatic heterocycles. The number of nitrogens with one attached hydrogen (secondary N) is 1. The van der Waals surface area contributed by atoms with Crippen LogP contribution < -0.4 is 5.56 Å². The Balaban J connectivity index is 2.21. The first kappa shape index (κ1) is 11.9. The van der Waals surface area contributed by atoms with Crippen LogP contribution in [-0.2, 0) is 11.3 Å². The fraction of sp³-hybridized carbons (Fsp3) is 0.462. The fourth-order valence-electron chi connectivity index (χ4n) is 2.09. The molecule has 0 unspecified atom stereocenters. The summed E-state index contributed by atoms with van der Waals surface area (Å²) in [7, 11) is 1.71. The molecule has 0 radical (unpaired) electrons. The molecule has 0 aromatic carbocycles. The predicted molar refractivity (Wildman–Crippen MR) is 68.4 cm³/mol. The standard InChI is InChI=1S/C13H18N2O2/c1-10-9-11-5-7-15(6-3-4-8-17-2)12(11)13(16)14-10/h5,7,9H,3-4,6,8H2,1-2H3,(H,14,16). The third-order valence-electron chi connectivity index (χ3n) is 2.89. The second kappa shape index (κ2) is 5.19. The van der Waals surface area contributed by atoms with Crippen molar-refractivity contribution in [2.45, 2.75) is 26.3 Å². The summed E-state index contributed by atoms with van der Waals surface area (Å²) in [6.07, 6.45) is 4.01. The average molecular weight is 234 g/mol. The SMILES string of the molecule is COCCCCn1ccc2cc(C)[nH]c(=O)c21. The van der Waals surface area contributed by atoms with Crippen LogP contribution in [0.25, 0.3) is 10.9 Å². The van der Waals surface area contributed by atoms with Gasteiger partial charge >= 0.3 is 0 Å². The fourth-order valence-corrected chi connectivity index (χ4v) is 2.09. The Kier molecular flexibility index (Phi) is 3.64. The maximum atomic E-state index is 11.9. The number of unbranched alkanes of at least 4 members (excludes halogenated alkanes) is 1. The summed E-state index contributed by atoms with van der Waals surface area (Å²) in [5.74, 6) is 0. The van der Waals surface area contributed by atoms with Crippen molar-refractivity contribution in [3.8, 4) is 0 Å². The number of aryl methyl sites for hydroxylation is 2. The molecule has 0 fully saturated rings. The molecule has 4 nitrogen and oxygen atoms in total. The van der Waals surface area contributed by atoms with Gasteiger partial charge in [0.25, 0.3) is 5.56 Å². The number of H-pyrrole nitrogens is 1. The quantitative estimate of drug-likeness (QED) is 0.805. The van der Waals surface area contributed by atoms with Gasteiger partial charge in [-0.1, -0.05) is 0 Å². The molecule has 0 bridgehead atoms. The Morgan fingerprint density at radius 2 is 2.24 bits per heavy atom. The van der Waals surface area contributed by atoms with Crippen molar-refractivity contribution in [1.82, 2.24) is 9.55 Å². The maximum Gasteiger partial charge on any atom is 0.272 e. The van der Waals surface area contributed by atoms with Crippen molar-refractivity contribution in [2.75, 3.05) is 13.7 Å². The molecular weight excluding hydrogens is 216 g/mol. The highest BCUT2D eigenvalue weighted by molar-refractivity contribution is 5.79. The molecular formula is C13H18N2O2. The zero-order chi connectivity index (χ0) is 12.3. The highest BCUT2D eigenvalue weighted by Crippen LogP contribution is 2.13. The minimum absolute atomic E-state index is 0.00302. The van der Waals surface area contributed by atoms with Crippen LogP contribution >= 0.6 is 0 Å². The van der Waals surface area contributed by atoms with E-state index in [1.54, 1.807) is 7.11 Å². The largest absolute Gasteiger partial charge is 0.385 e. The lowest BCUT2D eigenvalue weighted by atomic mass is 10.2. The number of fused-ring (bicyclic) bond motifs is 1. The molecule has 4 heteroatoms. The van der Waals surface area contributed by atoms with Gasteiger partial charge < -0.3 is 14.3 Å². The molecule has 2 rings (SSSR count). The molecule has 0 saturated carbocycles. The van der Waals surface area contributed by atoms with Gasteiger partial charge in [0, 0.05) is 37.5 Å². The highest BCUT2D eigenvalue weighted by atomic mass is 16.5. The van der Waals surface area contributed by atoms with Crippen molar-refractivity contribution in [2.24, 2.45) is 0 Å². The number of nitrogens with zero attached hydrogens (tertiary/aromatic N) is 1. The van der Waals surface area contributed by atoms with Crippen molar-refractivity contribution in [1.29, 1.82) is 0 Å². The molecule has 2 aromatic rings. The van der Waals surface area contributed by atoms with Gasteiger partial charge in [-0.15, -0.1) is 0 Å². The van der Waals surface area contributed by atoms with Crippen molar-refractivity contribution < 1.29 is 4.74 Å².